The summed E-state index contributed by atoms with van der Waals surface area (Å²) >= 11 is 1.62. The first-order valence-electron chi connectivity index (χ1n) is 4.02. The van der Waals surface area contributed by atoms with Crippen LogP contribution in [0.25, 0.3) is 10.2 Å². The van der Waals surface area contributed by atoms with Crippen LogP contribution in [0.1, 0.15) is 11.3 Å². The molecule has 0 aliphatic carbocycles. The van der Waals surface area contributed by atoms with Crippen LogP contribution < -0.4 is 0 Å². The number of aromatic nitrogens is 1. The molecule has 0 N–H and O–H groups in total. The summed E-state index contributed by atoms with van der Waals surface area (Å²) in [7, 11) is 0. The summed E-state index contributed by atoms with van der Waals surface area (Å²) in [6.45, 7) is 0.389. The molecule has 2 heterocycles. The van der Waals surface area contributed by atoms with Crippen LogP contribution in [0.4, 0.5) is 0 Å². The summed E-state index contributed by atoms with van der Waals surface area (Å²) in [6, 6.07) is 8.03. The first-order valence-corrected chi connectivity index (χ1v) is 4.84. The second-order valence-corrected chi connectivity index (χ2v) is 3.87. The Morgan fingerprint density at radius 3 is 2.85 bits per heavy atom. The molecule has 0 amide bonds. The van der Waals surface area contributed by atoms with E-state index in [0.29, 0.717) is 6.79 Å². The van der Waals surface area contributed by atoms with Crippen molar-refractivity contribution in [2.24, 2.45) is 0 Å². The fourth-order valence-electron chi connectivity index (χ4n) is 1.27. The first kappa shape index (κ1) is 7.44. The van der Waals surface area contributed by atoms with E-state index in [1.54, 1.807) is 11.3 Å². The molecule has 0 unspecified atom stereocenters. The summed E-state index contributed by atoms with van der Waals surface area (Å²) in [6.07, 6.45) is -0.225. The van der Waals surface area contributed by atoms with Gasteiger partial charge in [0.2, 0.25) is 6.29 Å². The highest BCUT2D eigenvalue weighted by molar-refractivity contribution is 7.18. The minimum atomic E-state index is -0.225. The molecule has 4 heteroatoms. The smallest absolute Gasteiger partial charge is 0.215 e. The van der Waals surface area contributed by atoms with Crippen molar-refractivity contribution in [3.8, 4) is 0 Å². The van der Waals surface area contributed by atoms with Gasteiger partial charge >= 0.3 is 0 Å². The van der Waals surface area contributed by atoms with Gasteiger partial charge in [-0.15, -0.1) is 11.3 Å². The molecule has 1 aliphatic heterocycles. The Morgan fingerprint density at radius 2 is 2.15 bits per heavy atom. The lowest BCUT2D eigenvalue weighted by Gasteiger charge is -2.24. The predicted octanol–water partition coefficient (Wildman–Crippen LogP) is 2.30. The molecule has 1 fully saturated rings. The van der Waals surface area contributed by atoms with Gasteiger partial charge < -0.3 is 9.47 Å². The van der Waals surface area contributed by atoms with Crippen molar-refractivity contribution < 1.29 is 9.47 Å². The maximum Gasteiger partial charge on any atom is 0.215 e. The van der Waals surface area contributed by atoms with E-state index in [0.717, 1.165) is 10.5 Å². The Bertz CT molecular complexity index is 403. The highest BCUT2D eigenvalue weighted by Gasteiger charge is 2.24. The van der Waals surface area contributed by atoms with E-state index in [4.69, 9.17) is 9.47 Å². The standard InChI is InChI=1S/C9H7NO2S/c1-2-4-7-6(3-1)10-8(13-7)9-11-5-12-9/h1-4,9H,5H2. The zero-order valence-corrected chi connectivity index (χ0v) is 7.58. The molecule has 1 aliphatic rings. The van der Waals surface area contributed by atoms with Crippen molar-refractivity contribution >= 4 is 21.6 Å². The maximum atomic E-state index is 5.17. The lowest BCUT2D eigenvalue weighted by atomic mass is 10.3. The molecular formula is C9H7NO2S. The number of hydrogen-bond donors (Lipinski definition) is 0. The number of benzene rings is 1. The molecule has 3 rings (SSSR count). The molecule has 2 aromatic rings. The van der Waals surface area contributed by atoms with Crippen molar-refractivity contribution in [1.29, 1.82) is 0 Å². The zero-order chi connectivity index (χ0) is 8.67. The van der Waals surface area contributed by atoms with E-state index in [-0.39, 0.29) is 6.29 Å². The molecule has 0 radical (unpaired) electrons. The van der Waals surface area contributed by atoms with Crippen LogP contribution in [0.15, 0.2) is 24.3 Å². The SMILES string of the molecule is c1ccc2sc(C3OCO3)nc2c1. The van der Waals surface area contributed by atoms with E-state index in [1.807, 2.05) is 18.2 Å². The van der Waals surface area contributed by atoms with Gasteiger partial charge in [0.25, 0.3) is 0 Å². The molecule has 0 spiro atoms. The maximum absolute atomic E-state index is 5.17. The van der Waals surface area contributed by atoms with Gasteiger partial charge in [-0.1, -0.05) is 12.1 Å². The topological polar surface area (TPSA) is 31.4 Å². The van der Waals surface area contributed by atoms with Crippen LogP contribution in [0.3, 0.4) is 0 Å². The molecule has 0 atom stereocenters. The van der Waals surface area contributed by atoms with Crippen LogP contribution >= 0.6 is 11.3 Å². The zero-order valence-electron chi connectivity index (χ0n) is 6.77. The Kier molecular flexibility index (Phi) is 1.58. The Balaban J connectivity index is 2.10. The first-order chi connectivity index (χ1) is 6.43. The number of rotatable bonds is 1. The van der Waals surface area contributed by atoms with E-state index in [9.17, 15) is 0 Å². The van der Waals surface area contributed by atoms with Gasteiger partial charge in [-0.2, -0.15) is 0 Å². The fraction of sp³-hybridized carbons (Fsp3) is 0.222. The molecule has 1 saturated heterocycles. The third-order valence-electron chi connectivity index (χ3n) is 1.95. The van der Waals surface area contributed by atoms with Gasteiger partial charge in [0.15, 0.2) is 11.8 Å². The molecule has 1 aromatic carbocycles. The second kappa shape index (κ2) is 2.77. The molecular weight excluding hydrogens is 186 g/mol. The molecule has 66 valence electrons. The highest BCUT2D eigenvalue weighted by Crippen LogP contribution is 2.32. The van der Waals surface area contributed by atoms with Crippen molar-refractivity contribution in [3.05, 3.63) is 29.3 Å². The monoisotopic (exact) mass is 193 g/mol. The molecule has 0 saturated carbocycles. The van der Waals surface area contributed by atoms with Crippen LogP contribution in [0.5, 0.6) is 0 Å². The fourth-order valence-corrected chi connectivity index (χ4v) is 2.24. The molecule has 0 bridgehead atoms. The largest absolute Gasteiger partial charge is 0.320 e. The van der Waals surface area contributed by atoms with Crippen molar-refractivity contribution in [1.82, 2.24) is 4.98 Å². The molecule has 1 aromatic heterocycles. The number of fused-ring (bicyclic) bond motifs is 1. The second-order valence-electron chi connectivity index (χ2n) is 2.80. The van der Waals surface area contributed by atoms with Gasteiger partial charge in [-0.3, -0.25) is 0 Å². The number of hydrogen-bond acceptors (Lipinski definition) is 4. The predicted molar refractivity (Wildman–Crippen MR) is 49.4 cm³/mol. The normalized spacial score (nSPS) is 17.5. The summed E-state index contributed by atoms with van der Waals surface area (Å²) in [5.41, 5.74) is 1.02. The lowest BCUT2D eigenvalue weighted by Crippen LogP contribution is -2.21. The number of nitrogens with zero attached hydrogens (tertiary/aromatic N) is 1. The number of ether oxygens (including phenoxy) is 2. The molecule has 3 nitrogen and oxygen atoms in total. The quantitative estimate of drug-likeness (QED) is 0.696. The van der Waals surface area contributed by atoms with Gasteiger partial charge in [0.1, 0.15) is 0 Å². The minimum absolute atomic E-state index is 0.225. The Labute approximate surface area is 78.9 Å². The van der Waals surface area contributed by atoms with Crippen molar-refractivity contribution in [2.75, 3.05) is 6.79 Å². The summed E-state index contributed by atoms with van der Waals surface area (Å²) in [4.78, 5) is 4.40. The van der Waals surface area contributed by atoms with Gasteiger partial charge in [-0.25, -0.2) is 4.98 Å². The lowest BCUT2D eigenvalue weighted by molar-refractivity contribution is -0.326. The average molecular weight is 193 g/mol. The van der Waals surface area contributed by atoms with Crippen molar-refractivity contribution in [3.63, 3.8) is 0 Å². The third-order valence-corrected chi connectivity index (χ3v) is 3.01. The highest BCUT2D eigenvalue weighted by atomic mass is 32.1. The summed E-state index contributed by atoms with van der Waals surface area (Å²) < 4.78 is 11.5. The third kappa shape index (κ3) is 1.14. The average Bonchev–Trinajstić information content (AvgIpc) is 2.43. The minimum Gasteiger partial charge on any atom is -0.320 e. The van der Waals surface area contributed by atoms with E-state index in [2.05, 4.69) is 11.1 Å². The van der Waals surface area contributed by atoms with Gasteiger partial charge in [-0.05, 0) is 12.1 Å². The summed E-state index contributed by atoms with van der Waals surface area (Å²) in [5, 5.41) is 0.910. The van der Waals surface area contributed by atoms with Crippen LogP contribution in [0, 0.1) is 0 Å². The van der Waals surface area contributed by atoms with E-state index in [1.165, 1.54) is 4.70 Å². The van der Waals surface area contributed by atoms with Crippen LogP contribution in [-0.2, 0) is 9.47 Å². The van der Waals surface area contributed by atoms with Gasteiger partial charge in [0.05, 0.1) is 10.2 Å². The van der Waals surface area contributed by atoms with E-state index < -0.39 is 0 Å². The van der Waals surface area contributed by atoms with Crippen molar-refractivity contribution in [2.45, 2.75) is 6.29 Å². The van der Waals surface area contributed by atoms with Crippen LogP contribution in [-0.4, -0.2) is 11.8 Å². The van der Waals surface area contributed by atoms with Crippen LogP contribution in [0.2, 0.25) is 0 Å². The Morgan fingerprint density at radius 1 is 1.31 bits per heavy atom. The van der Waals surface area contributed by atoms with Gasteiger partial charge in [0, 0.05) is 0 Å². The molecule has 13 heavy (non-hydrogen) atoms. The number of thiazole rings is 1. The Hall–Kier alpha value is -0.970. The number of para-hydroxylation sites is 1. The summed E-state index contributed by atoms with van der Waals surface area (Å²) in [5.74, 6) is 0. The van der Waals surface area contributed by atoms with E-state index >= 15 is 0 Å².